The molecule has 0 unspecified atom stereocenters. The average molecular weight is 574 g/mol. The van der Waals surface area contributed by atoms with Gasteiger partial charge in [0.25, 0.3) is 0 Å². The molecule has 6 rings (SSSR count). The Morgan fingerprint density at radius 1 is 1.08 bits per heavy atom. The number of piperidine rings is 1. The Labute approximate surface area is 237 Å². The molecule has 3 fully saturated rings. The fourth-order valence-electron chi connectivity index (χ4n) is 6.86. The molecule has 3 aromatic rings. The second kappa shape index (κ2) is 10.1. The van der Waals surface area contributed by atoms with Gasteiger partial charge in [0.05, 0.1) is 21.5 Å². The zero-order chi connectivity index (χ0) is 26.5. The van der Waals surface area contributed by atoms with Crippen LogP contribution in [0.25, 0.3) is 5.65 Å². The van der Waals surface area contributed by atoms with Crippen molar-refractivity contribution >= 4 is 46.3 Å². The second-order valence-electron chi connectivity index (χ2n) is 12.1. The maximum absolute atomic E-state index is 13.2. The SMILES string of the molecule is CC(C)(C)[S@@+]([O-])NC1([C@@H]2CCCC23CCN(c2ncc(Sc4ccnnc4Cl)c4nccn24)CC3)CCC1. The van der Waals surface area contributed by atoms with Crippen LogP contribution in [0, 0.1) is 11.3 Å². The van der Waals surface area contributed by atoms with Crippen LogP contribution in [-0.4, -0.2) is 52.5 Å². The highest BCUT2D eigenvalue weighted by Gasteiger charge is 2.58. The van der Waals surface area contributed by atoms with Gasteiger partial charge in [-0.1, -0.05) is 29.8 Å². The molecular formula is C27H36ClN7OS2. The van der Waals surface area contributed by atoms with E-state index in [1.165, 1.54) is 37.4 Å². The Morgan fingerprint density at radius 2 is 1.87 bits per heavy atom. The lowest BCUT2D eigenvalue weighted by molar-refractivity contribution is 0.0241. The third-order valence-electron chi connectivity index (χ3n) is 8.95. The molecule has 2 atom stereocenters. The van der Waals surface area contributed by atoms with Crippen LogP contribution >= 0.6 is 23.4 Å². The van der Waals surface area contributed by atoms with Crippen molar-refractivity contribution in [3.8, 4) is 0 Å². The van der Waals surface area contributed by atoms with Crippen LogP contribution in [0.1, 0.15) is 72.1 Å². The third-order valence-corrected chi connectivity index (χ3v) is 12.1. The van der Waals surface area contributed by atoms with Crippen molar-refractivity contribution in [2.75, 3.05) is 18.0 Å². The van der Waals surface area contributed by atoms with Gasteiger partial charge in [0.15, 0.2) is 10.8 Å². The van der Waals surface area contributed by atoms with Crippen LogP contribution in [0.3, 0.4) is 0 Å². The lowest BCUT2D eigenvalue weighted by Crippen LogP contribution is -2.64. The highest BCUT2D eigenvalue weighted by Crippen LogP contribution is 2.59. The first-order chi connectivity index (χ1) is 18.2. The van der Waals surface area contributed by atoms with E-state index < -0.39 is 11.4 Å². The van der Waals surface area contributed by atoms with E-state index in [1.807, 2.05) is 24.7 Å². The molecule has 0 bridgehead atoms. The lowest BCUT2D eigenvalue weighted by Gasteiger charge is -2.55. The van der Waals surface area contributed by atoms with Gasteiger partial charge in [0.2, 0.25) is 5.95 Å². The average Bonchev–Trinajstić information content (AvgIpc) is 3.51. The van der Waals surface area contributed by atoms with Gasteiger partial charge in [0.1, 0.15) is 4.75 Å². The van der Waals surface area contributed by atoms with Crippen molar-refractivity contribution in [3.05, 3.63) is 36.0 Å². The first kappa shape index (κ1) is 26.6. The Balaban J connectivity index is 1.20. The molecule has 38 heavy (non-hydrogen) atoms. The number of fused-ring (bicyclic) bond motifs is 1. The van der Waals surface area contributed by atoms with Gasteiger partial charge >= 0.3 is 0 Å². The molecule has 8 nitrogen and oxygen atoms in total. The van der Waals surface area contributed by atoms with Gasteiger partial charge in [-0.2, -0.15) is 5.10 Å². The summed E-state index contributed by atoms with van der Waals surface area (Å²) in [4.78, 5) is 13.7. The summed E-state index contributed by atoms with van der Waals surface area (Å²) in [5, 5.41) is 8.17. The van der Waals surface area contributed by atoms with Gasteiger partial charge < -0.3 is 9.45 Å². The van der Waals surface area contributed by atoms with E-state index in [1.54, 1.807) is 6.20 Å². The standard InChI is InChI=1S/C27H36ClN7OS2/c1-25(2,3)38(36)33-27(9-5-10-27)21-6-4-8-26(21)11-15-34(16-12-26)24-30-18-20(23-29-14-17-35(23)24)37-19-7-13-31-32-22(19)28/h7,13-14,17-18,21,33H,4-6,8-12,15-16H2,1-3H3/t21-,38-/m1/s1. The Morgan fingerprint density at radius 3 is 2.55 bits per heavy atom. The summed E-state index contributed by atoms with van der Waals surface area (Å²) in [6.45, 7) is 8.16. The van der Waals surface area contributed by atoms with Gasteiger partial charge in [-0.3, -0.25) is 4.40 Å². The topological polar surface area (TPSA) is 94.3 Å². The van der Waals surface area contributed by atoms with Crippen LogP contribution in [-0.2, 0) is 11.4 Å². The number of aromatic nitrogens is 5. The largest absolute Gasteiger partial charge is 0.598 e. The van der Waals surface area contributed by atoms with Crippen LogP contribution in [0.15, 0.2) is 40.6 Å². The number of hydrogen-bond acceptors (Lipinski definition) is 8. The number of nitrogens with one attached hydrogen (secondary N) is 1. The van der Waals surface area contributed by atoms with Crippen molar-refractivity contribution in [2.45, 2.75) is 92.2 Å². The number of rotatable bonds is 6. The highest BCUT2D eigenvalue weighted by molar-refractivity contribution is 7.99. The number of nitrogens with zero attached hydrogens (tertiary/aromatic N) is 6. The molecule has 11 heteroatoms. The van der Waals surface area contributed by atoms with E-state index >= 15 is 0 Å². The Kier molecular flexibility index (Phi) is 7.08. The van der Waals surface area contributed by atoms with Gasteiger partial charge in [-0.15, -0.1) is 9.82 Å². The first-order valence-electron chi connectivity index (χ1n) is 13.6. The molecule has 1 saturated heterocycles. The van der Waals surface area contributed by atoms with E-state index in [0.717, 1.165) is 60.2 Å². The normalized spacial score (nSPS) is 23.6. The van der Waals surface area contributed by atoms with E-state index in [9.17, 15) is 4.55 Å². The fraction of sp³-hybridized carbons (Fsp3) is 0.630. The minimum absolute atomic E-state index is 0.0363. The molecule has 0 radical (unpaired) electrons. The molecule has 0 aromatic carbocycles. The molecule has 3 aromatic heterocycles. The molecular weight excluding hydrogens is 538 g/mol. The third kappa shape index (κ3) is 4.70. The maximum atomic E-state index is 13.2. The molecule has 1 spiro atoms. The van der Waals surface area contributed by atoms with E-state index in [-0.39, 0.29) is 10.3 Å². The molecule has 1 N–H and O–H groups in total. The van der Waals surface area contributed by atoms with E-state index in [2.05, 4.69) is 50.0 Å². The number of hydrogen-bond donors (Lipinski definition) is 1. The fourth-order valence-corrected chi connectivity index (χ4v) is 8.94. The van der Waals surface area contributed by atoms with Gasteiger partial charge in [-0.05, 0) is 83.1 Å². The summed E-state index contributed by atoms with van der Waals surface area (Å²) in [5.41, 5.74) is 1.23. The van der Waals surface area contributed by atoms with Crippen LogP contribution in [0.2, 0.25) is 5.15 Å². The van der Waals surface area contributed by atoms with Crippen molar-refractivity contribution in [2.24, 2.45) is 11.3 Å². The zero-order valence-corrected chi connectivity index (χ0v) is 24.7. The minimum atomic E-state index is -1.04. The van der Waals surface area contributed by atoms with Crippen molar-refractivity contribution < 1.29 is 4.55 Å². The second-order valence-corrected chi connectivity index (χ2v) is 15.5. The Hall–Kier alpha value is -1.59. The maximum Gasteiger partial charge on any atom is 0.211 e. The van der Waals surface area contributed by atoms with E-state index in [0.29, 0.717) is 16.5 Å². The van der Waals surface area contributed by atoms with Crippen molar-refractivity contribution in [1.82, 2.24) is 29.3 Å². The molecule has 204 valence electrons. The quantitative estimate of drug-likeness (QED) is 0.376. The molecule has 4 heterocycles. The first-order valence-corrected chi connectivity index (χ1v) is 16.0. The summed E-state index contributed by atoms with van der Waals surface area (Å²) in [5.74, 6) is 1.53. The lowest BCUT2D eigenvalue weighted by atomic mass is 9.57. The highest BCUT2D eigenvalue weighted by atomic mass is 35.5. The van der Waals surface area contributed by atoms with Crippen molar-refractivity contribution in [1.29, 1.82) is 0 Å². The predicted molar refractivity (Wildman–Crippen MR) is 153 cm³/mol. The smallest absolute Gasteiger partial charge is 0.211 e. The molecule has 0 amide bonds. The summed E-state index contributed by atoms with van der Waals surface area (Å²) in [6, 6.07) is 1.86. The summed E-state index contributed by atoms with van der Waals surface area (Å²) in [6.07, 6.45) is 17.0. The number of halogens is 1. The van der Waals surface area contributed by atoms with Crippen LogP contribution < -0.4 is 9.62 Å². The monoisotopic (exact) mass is 573 g/mol. The molecule has 3 aliphatic rings. The number of imidazole rings is 1. The summed E-state index contributed by atoms with van der Waals surface area (Å²) < 4.78 is 18.7. The van der Waals surface area contributed by atoms with Crippen molar-refractivity contribution in [3.63, 3.8) is 0 Å². The minimum Gasteiger partial charge on any atom is -0.598 e. The van der Waals surface area contributed by atoms with E-state index in [4.69, 9.17) is 16.6 Å². The summed E-state index contributed by atoms with van der Waals surface area (Å²) in [7, 11) is 0. The molecule has 2 aliphatic carbocycles. The van der Waals surface area contributed by atoms with Gasteiger partial charge in [-0.25, -0.2) is 9.97 Å². The molecule has 2 saturated carbocycles. The molecule has 1 aliphatic heterocycles. The number of anilines is 1. The van der Waals surface area contributed by atoms with Gasteiger partial charge in [0, 0.05) is 43.0 Å². The predicted octanol–water partition coefficient (Wildman–Crippen LogP) is 5.69. The van der Waals surface area contributed by atoms with Crippen LogP contribution in [0.5, 0.6) is 0 Å². The Bertz CT molecular complexity index is 1300. The van der Waals surface area contributed by atoms with Crippen LogP contribution in [0.4, 0.5) is 5.95 Å². The summed E-state index contributed by atoms with van der Waals surface area (Å²) >= 11 is 6.72. The zero-order valence-electron chi connectivity index (χ0n) is 22.3.